The molecule has 0 spiro atoms. The van der Waals surface area contributed by atoms with E-state index in [1.807, 2.05) is 0 Å². The van der Waals surface area contributed by atoms with Crippen LogP contribution in [-0.2, 0) is 6.42 Å². The van der Waals surface area contributed by atoms with Gasteiger partial charge in [-0.3, -0.25) is 0 Å². The lowest BCUT2D eigenvalue weighted by molar-refractivity contribution is -0.0776. The minimum absolute atomic E-state index is 0.0131. The Labute approximate surface area is 131 Å². The molecule has 1 saturated carbocycles. The second-order valence-corrected chi connectivity index (χ2v) is 8.67. The van der Waals surface area contributed by atoms with E-state index in [2.05, 4.69) is 62.7 Å². The molecular weight excluding hydrogens is 312 g/mol. The van der Waals surface area contributed by atoms with Crippen molar-refractivity contribution in [1.29, 1.82) is 0 Å². The van der Waals surface area contributed by atoms with E-state index in [0.29, 0.717) is 10.7 Å². The van der Waals surface area contributed by atoms with Gasteiger partial charge in [-0.1, -0.05) is 47.5 Å². The zero-order chi connectivity index (χ0) is 14.7. The zero-order valence-electron chi connectivity index (χ0n) is 13.2. The minimum atomic E-state index is -0.0131. The lowest BCUT2D eigenvalue weighted by Crippen LogP contribution is -2.57. The molecule has 0 bridgehead atoms. The van der Waals surface area contributed by atoms with Crippen molar-refractivity contribution in [2.24, 2.45) is 11.3 Å². The van der Waals surface area contributed by atoms with Crippen LogP contribution in [0.4, 0.5) is 0 Å². The molecule has 3 rings (SSSR count). The molecule has 2 heteroatoms. The Morgan fingerprint density at radius 2 is 1.90 bits per heavy atom. The summed E-state index contributed by atoms with van der Waals surface area (Å²) in [5.74, 6) is 1.72. The van der Waals surface area contributed by atoms with E-state index in [1.54, 1.807) is 0 Å². The number of hydrogen-bond donors (Lipinski definition) is 0. The SMILES string of the molecule is Cc1cc(C)c2c(c1)C[C@H]1C(C)(C)[C@@H](Br)CC[C@@]1(C)O2. The van der Waals surface area contributed by atoms with Crippen LogP contribution in [-0.4, -0.2) is 10.4 Å². The number of alkyl halides is 1. The Balaban J connectivity index is 2.08. The molecule has 2 aliphatic rings. The molecule has 1 aliphatic heterocycles. The summed E-state index contributed by atoms with van der Waals surface area (Å²) in [6.45, 7) is 11.5. The number of benzene rings is 1. The summed E-state index contributed by atoms with van der Waals surface area (Å²) in [5, 5.41) is 0. The van der Waals surface area contributed by atoms with Crippen LogP contribution in [0.5, 0.6) is 5.75 Å². The van der Waals surface area contributed by atoms with E-state index in [0.717, 1.165) is 18.6 Å². The van der Waals surface area contributed by atoms with E-state index in [1.165, 1.54) is 23.1 Å². The summed E-state index contributed by atoms with van der Waals surface area (Å²) >= 11 is 3.91. The van der Waals surface area contributed by atoms with Gasteiger partial charge in [0.05, 0.1) is 0 Å². The quantitative estimate of drug-likeness (QED) is 0.592. The van der Waals surface area contributed by atoms with Gasteiger partial charge >= 0.3 is 0 Å². The van der Waals surface area contributed by atoms with Crippen LogP contribution >= 0.6 is 15.9 Å². The van der Waals surface area contributed by atoms with Gasteiger partial charge in [0.25, 0.3) is 0 Å². The molecule has 0 N–H and O–H groups in total. The fourth-order valence-corrected chi connectivity index (χ4v) is 4.91. The monoisotopic (exact) mass is 336 g/mol. The van der Waals surface area contributed by atoms with Gasteiger partial charge in [-0.05, 0) is 56.6 Å². The van der Waals surface area contributed by atoms with Crippen LogP contribution in [0.25, 0.3) is 0 Å². The standard InChI is InChI=1S/C18H25BrO/c1-11-8-12(2)16-13(9-11)10-14-17(3,4)15(19)6-7-18(14,5)20-16/h8-9,14-15H,6-7,10H2,1-5H3/t14-,15-,18+/m0/s1. The van der Waals surface area contributed by atoms with E-state index in [9.17, 15) is 0 Å². The van der Waals surface area contributed by atoms with E-state index >= 15 is 0 Å². The van der Waals surface area contributed by atoms with Crippen LogP contribution in [0, 0.1) is 25.2 Å². The van der Waals surface area contributed by atoms with E-state index < -0.39 is 0 Å². The summed E-state index contributed by atoms with van der Waals surface area (Å²) in [6.07, 6.45) is 3.48. The Hall–Kier alpha value is -0.500. The van der Waals surface area contributed by atoms with Gasteiger partial charge in [0.2, 0.25) is 0 Å². The topological polar surface area (TPSA) is 9.23 Å². The largest absolute Gasteiger partial charge is 0.487 e. The van der Waals surface area contributed by atoms with Crippen LogP contribution in [0.3, 0.4) is 0 Å². The molecule has 1 fully saturated rings. The number of rotatable bonds is 0. The normalized spacial score (nSPS) is 34.9. The molecule has 0 saturated heterocycles. The maximum Gasteiger partial charge on any atom is 0.126 e. The second-order valence-electron chi connectivity index (χ2n) is 7.57. The highest BCUT2D eigenvalue weighted by Gasteiger charge is 2.54. The molecule has 0 radical (unpaired) electrons. The molecular formula is C18H25BrO. The number of halogens is 1. The van der Waals surface area contributed by atoms with Crippen molar-refractivity contribution in [2.75, 3.05) is 0 Å². The van der Waals surface area contributed by atoms with Crippen molar-refractivity contribution in [1.82, 2.24) is 0 Å². The fraction of sp³-hybridized carbons (Fsp3) is 0.667. The zero-order valence-corrected chi connectivity index (χ0v) is 14.8. The summed E-state index contributed by atoms with van der Waals surface area (Å²) in [7, 11) is 0. The molecule has 1 aliphatic carbocycles. The summed E-state index contributed by atoms with van der Waals surface area (Å²) < 4.78 is 6.57. The maximum absolute atomic E-state index is 6.57. The molecule has 3 atom stereocenters. The third-order valence-corrected chi connectivity index (χ3v) is 7.23. The number of aryl methyl sites for hydroxylation is 2. The third kappa shape index (κ3) is 2.03. The highest BCUT2D eigenvalue weighted by atomic mass is 79.9. The lowest BCUT2D eigenvalue weighted by atomic mass is 9.59. The molecule has 1 aromatic rings. The molecule has 1 aromatic carbocycles. The molecule has 0 amide bonds. The first-order chi connectivity index (χ1) is 9.24. The molecule has 110 valence electrons. The van der Waals surface area contributed by atoms with Gasteiger partial charge < -0.3 is 4.74 Å². The van der Waals surface area contributed by atoms with Gasteiger partial charge in [-0.2, -0.15) is 0 Å². The van der Waals surface area contributed by atoms with Crippen LogP contribution < -0.4 is 4.74 Å². The Bertz CT molecular complexity index is 549. The molecule has 1 heterocycles. The first kappa shape index (κ1) is 14.4. The van der Waals surface area contributed by atoms with Gasteiger partial charge in [-0.25, -0.2) is 0 Å². The summed E-state index contributed by atoms with van der Waals surface area (Å²) in [4.78, 5) is 0.587. The highest BCUT2D eigenvalue weighted by molar-refractivity contribution is 9.09. The first-order valence-electron chi connectivity index (χ1n) is 7.67. The van der Waals surface area contributed by atoms with E-state index in [-0.39, 0.29) is 11.0 Å². The molecule has 0 unspecified atom stereocenters. The van der Waals surface area contributed by atoms with Crippen LogP contribution in [0.15, 0.2) is 12.1 Å². The number of fused-ring (bicyclic) bond motifs is 2. The first-order valence-corrected chi connectivity index (χ1v) is 8.59. The van der Waals surface area contributed by atoms with E-state index in [4.69, 9.17) is 4.74 Å². The fourth-order valence-electron chi connectivity index (χ4n) is 4.36. The van der Waals surface area contributed by atoms with Crippen molar-refractivity contribution >= 4 is 15.9 Å². The summed E-state index contributed by atoms with van der Waals surface area (Å²) in [5.41, 5.74) is 4.29. The van der Waals surface area contributed by atoms with Gasteiger partial charge in [-0.15, -0.1) is 0 Å². The smallest absolute Gasteiger partial charge is 0.126 e. The maximum atomic E-state index is 6.57. The van der Waals surface area contributed by atoms with Crippen molar-refractivity contribution in [3.63, 3.8) is 0 Å². The molecule has 20 heavy (non-hydrogen) atoms. The summed E-state index contributed by atoms with van der Waals surface area (Å²) in [6, 6.07) is 4.56. The Kier molecular flexibility index (Phi) is 3.25. The Morgan fingerprint density at radius 3 is 2.60 bits per heavy atom. The van der Waals surface area contributed by atoms with Gasteiger partial charge in [0.15, 0.2) is 0 Å². The predicted octanol–water partition coefficient (Wildman–Crippen LogP) is 5.20. The van der Waals surface area contributed by atoms with Crippen molar-refractivity contribution in [3.8, 4) is 5.75 Å². The third-order valence-electron chi connectivity index (χ3n) is 5.59. The molecule has 0 aromatic heterocycles. The van der Waals surface area contributed by atoms with Crippen molar-refractivity contribution < 1.29 is 4.74 Å². The van der Waals surface area contributed by atoms with Gasteiger partial charge in [0, 0.05) is 10.7 Å². The Morgan fingerprint density at radius 1 is 1.20 bits per heavy atom. The minimum Gasteiger partial charge on any atom is -0.487 e. The average Bonchev–Trinajstić information content (AvgIpc) is 2.35. The van der Waals surface area contributed by atoms with Gasteiger partial charge in [0.1, 0.15) is 11.4 Å². The second kappa shape index (κ2) is 4.50. The number of ether oxygens (including phenoxy) is 1. The molecule has 1 nitrogen and oxygen atoms in total. The predicted molar refractivity (Wildman–Crippen MR) is 87.9 cm³/mol. The van der Waals surface area contributed by atoms with Crippen LogP contribution in [0.1, 0.15) is 50.3 Å². The number of hydrogen-bond acceptors (Lipinski definition) is 1. The van der Waals surface area contributed by atoms with Crippen molar-refractivity contribution in [3.05, 3.63) is 28.8 Å². The highest BCUT2D eigenvalue weighted by Crippen LogP contribution is 2.55. The van der Waals surface area contributed by atoms with Crippen molar-refractivity contribution in [2.45, 2.75) is 64.3 Å². The average molecular weight is 337 g/mol. The lowest BCUT2D eigenvalue weighted by Gasteiger charge is -2.55. The van der Waals surface area contributed by atoms with Crippen LogP contribution in [0.2, 0.25) is 0 Å².